The van der Waals surface area contributed by atoms with Gasteiger partial charge in [-0.25, -0.2) is 0 Å². The molecule has 0 heterocycles. The summed E-state index contributed by atoms with van der Waals surface area (Å²) in [6.45, 7) is 4.04. The van der Waals surface area contributed by atoms with Crippen LogP contribution in [0.3, 0.4) is 0 Å². The van der Waals surface area contributed by atoms with E-state index in [2.05, 4.69) is 10.1 Å². The van der Waals surface area contributed by atoms with E-state index in [1.165, 1.54) is 24.3 Å². The molecule has 0 bridgehead atoms. The minimum absolute atomic E-state index is 0.0954. The van der Waals surface area contributed by atoms with Crippen LogP contribution in [0.15, 0.2) is 24.3 Å². The summed E-state index contributed by atoms with van der Waals surface area (Å²) in [7, 11) is 1.65. The molecule has 0 saturated carbocycles. The summed E-state index contributed by atoms with van der Waals surface area (Å²) in [5, 5.41) is 3.20. The van der Waals surface area contributed by atoms with E-state index in [0.717, 1.165) is 13.0 Å². The highest BCUT2D eigenvalue weighted by Crippen LogP contribution is 2.24. The fourth-order valence-corrected chi connectivity index (χ4v) is 1.64. The molecule has 0 spiro atoms. The van der Waals surface area contributed by atoms with Crippen molar-refractivity contribution in [1.82, 2.24) is 5.32 Å². The summed E-state index contributed by atoms with van der Waals surface area (Å²) in [4.78, 5) is 0. The summed E-state index contributed by atoms with van der Waals surface area (Å²) in [6, 6.07) is 5.34. The van der Waals surface area contributed by atoms with Crippen molar-refractivity contribution in [1.29, 1.82) is 0 Å². The maximum Gasteiger partial charge on any atom is 0.573 e. The number of methoxy groups -OCH3 is 1. The van der Waals surface area contributed by atoms with Crippen LogP contribution in [0.4, 0.5) is 13.2 Å². The Morgan fingerprint density at radius 1 is 1.14 bits per heavy atom. The number of hydrogen-bond donors (Lipinski definition) is 1. The lowest BCUT2D eigenvalue weighted by atomic mass is 10.3. The van der Waals surface area contributed by atoms with Crippen molar-refractivity contribution in [3.63, 3.8) is 0 Å². The quantitative estimate of drug-likeness (QED) is 0.712. The lowest BCUT2D eigenvalue weighted by Gasteiger charge is -2.16. The first-order chi connectivity index (χ1) is 9.90. The van der Waals surface area contributed by atoms with Crippen LogP contribution < -0.4 is 14.8 Å². The Morgan fingerprint density at radius 3 is 2.33 bits per heavy atom. The van der Waals surface area contributed by atoms with Crippen LogP contribution in [0.5, 0.6) is 11.5 Å². The van der Waals surface area contributed by atoms with Crippen molar-refractivity contribution >= 4 is 0 Å². The zero-order valence-corrected chi connectivity index (χ0v) is 12.1. The number of halogens is 3. The Labute approximate surface area is 122 Å². The molecule has 1 aromatic rings. The fourth-order valence-electron chi connectivity index (χ4n) is 1.64. The van der Waals surface area contributed by atoms with Crippen molar-refractivity contribution in [2.75, 3.05) is 26.8 Å². The molecule has 0 aliphatic carbocycles. The molecular weight excluding hydrogens is 287 g/mol. The molecule has 21 heavy (non-hydrogen) atoms. The molecule has 0 aliphatic rings. The van der Waals surface area contributed by atoms with Crippen LogP contribution >= 0.6 is 0 Å². The summed E-state index contributed by atoms with van der Waals surface area (Å²) < 4.78 is 50.3. The number of nitrogens with one attached hydrogen (secondary N) is 1. The zero-order valence-electron chi connectivity index (χ0n) is 12.1. The molecule has 1 rings (SSSR count). The fraction of sp³-hybridized carbons (Fsp3) is 0.571. The van der Waals surface area contributed by atoms with Crippen molar-refractivity contribution in [3.05, 3.63) is 24.3 Å². The first-order valence-electron chi connectivity index (χ1n) is 6.63. The first-order valence-corrected chi connectivity index (χ1v) is 6.63. The zero-order chi connectivity index (χ0) is 15.7. The van der Waals surface area contributed by atoms with E-state index in [4.69, 9.17) is 9.47 Å². The minimum atomic E-state index is -4.68. The highest BCUT2D eigenvalue weighted by Gasteiger charge is 2.30. The van der Waals surface area contributed by atoms with Gasteiger partial charge in [-0.15, -0.1) is 13.2 Å². The Morgan fingerprint density at radius 2 is 1.76 bits per heavy atom. The van der Waals surface area contributed by atoms with Crippen LogP contribution in [-0.2, 0) is 4.74 Å². The monoisotopic (exact) mass is 307 g/mol. The average molecular weight is 307 g/mol. The van der Waals surface area contributed by atoms with Gasteiger partial charge in [0.2, 0.25) is 0 Å². The molecule has 0 fully saturated rings. The van der Waals surface area contributed by atoms with E-state index >= 15 is 0 Å². The summed E-state index contributed by atoms with van der Waals surface area (Å²) in [5.41, 5.74) is 0. The first kappa shape index (κ1) is 17.6. The molecule has 0 aliphatic heterocycles. The molecule has 1 unspecified atom stereocenters. The number of hydrogen-bond acceptors (Lipinski definition) is 4. The van der Waals surface area contributed by atoms with E-state index in [1.807, 2.05) is 6.92 Å². The lowest BCUT2D eigenvalue weighted by Crippen LogP contribution is -2.30. The van der Waals surface area contributed by atoms with Gasteiger partial charge in [0.1, 0.15) is 17.6 Å². The van der Waals surface area contributed by atoms with Gasteiger partial charge in [0.25, 0.3) is 0 Å². The van der Waals surface area contributed by atoms with Crippen LogP contribution in [-0.4, -0.2) is 39.3 Å². The second-order valence-corrected chi connectivity index (χ2v) is 4.50. The van der Waals surface area contributed by atoms with E-state index in [1.54, 1.807) is 7.11 Å². The molecule has 7 heteroatoms. The van der Waals surface area contributed by atoms with Gasteiger partial charge in [0.15, 0.2) is 0 Å². The molecule has 120 valence electrons. The van der Waals surface area contributed by atoms with E-state index in [-0.39, 0.29) is 11.9 Å². The second kappa shape index (κ2) is 8.74. The lowest BCUT2D eigenvalue weighted by molar-refractivity contribution is -0.274. The predicted octanol–water partition coefficient (Wildman–Crippen LogP) is 2.98. The van der Waals surface area contributed by atoms with Gasteiger partial charge >= 0.3 is 6.36 Å². The third kappa shape index (κ3) is 8.41. The third-order valence-corrected chi connectivity index (χ3v) is 2.53. The number of ether oxygens (including phenoxy) is 3. The Balaban J connectivity index is 2.31. The third-order valence-electron chi connectivity index (χ3n) is 2.53. The van der Waals surface area contributed by atoms with E-state index in [9.17, 15) is 13.2 Å². The SMILES string of the molecule is COCCCNCC(C)Oc1ccc(OC(F)(F)F)cc1. The van der Waals surface area contributed by atoms with Crippen molar-refractivity contribution < 1.29 is 27.4 Å². The van der Waals surface area contributed by atoms with E-state index in [0.29, 0.717) is 18.9 Å². The molecule has 1 N–H and O–H groups in total. The van der Waals surface area contributed by atoms with Crippen LogP contribution in [0.2, 0.25) is 0 Å². The Hall–Kier alpha value is -1.47. The summed E-state index contributed by atoms with van der Waals surface area (Å²) in [5.74, 6) is 0.232. The van der Waals surface area contributed by atoms with E-state index < -0.39 is 6.36 Å². The van der Waals surface area contributed by atoms with Gasteiger partial charge in [0.05, 0.1) is 0 Å². The van der Waals surface area contributed by atoms with Crippen LogP contribution in [0, 0.1) is 0 Å². The molecule has 0 saturated heterocycles. The van der Waals surface area contributed by atoms with Gasteiger partial charge in [0, 0.05) is 20.3 Å². The van der Waals surface area contributed by atoms with Gasteiger partial charge in [-0.1, -0.05) is 0 Å². The van der Waals surface area contributed by atoms with Gasteiger partial charge in [-0.2, -0.15) is 0 Å². The smallest absolute Gasteiger partial charge is 0.489 e. The summed E-state index contributed by atoms with van der Waals surface area (Å²) >= 11 is 0. The molecule has 0 amide bonds. The molecule has 0 radical (unpaired) electrons. The topological polar surface area (TPSA) is 39.7 Å². The molecular formula is C14H20F3NO3. The van der Waals surface area contributed by atoms with Crippen molar-refractivity contribution in [2.45, 2.75) is 25.8 Å². The number of rotatable bonds is 9. The maximum absolute atomic E-state index is 12.0. The Bertz CT molecular complexity index is 395. The van der Waals surface area contributed by atoms with Gasteiger partial charge < -0.3 is 19.5 Å². The second-order valence-electron chi connectivity index (χ2n) is 4.50. The molecule has 0 aromatic heterocycles. The van der Waals surface area contributed by atoms with Crippen LogP contribution in [0.1, 0.15) is 13.3 Å². The summed E-state index contributed by atoms with van der Waals surface area (Å²) in [6.07, 6.45) is -3.86. The largest absolute Gasteiger partial charge is 0.573 e. The van der Waals surface area contributed by atoms with Crippen LogP contribution in [0.25, 0.3) is 0 Å². The number of alkyl halides is 3. The highest BCUT2D eigenvalue weighted by atomic mass is 19.4. The molecule has 1 aromatic carbocycles. The molecule has 4 nitrogen and oxygen atoms in total. The number of benzene rings is 1. The Kier molecular flexibility index (Phi) is 7.31. The van der Waals surface area contributed by atoms with Gasteiger partial charge in [-0.05, 0) is 44.2 Å². The highest BCUT2D eigenvalue weighted by molar-refractivity contribution is 5.31. The standard InChI is InChI=1S/C14H20F3NO3/c1-11(10-18-8-3-9-19-2)20-12-4-6-13(7-5-12)21-14(15,16)17/h4-7,11,18H,3,8-10H2,1-2H3. The van der Waals surface area contributed by atoms with Crippen molar-refractivity contribution in [3.8, 4) is 11.5 Å². The minimum Gasteiger partial charge on any atom is -0.489 e. The normalized spacial score (nSPS) is 13.0. The molecule has 1 atom stereocenters. The maximum atomic E-state index is 12.0. The average Bonchev–Trinajstić information content (AvgIpc) is 2.39. The van der Waals surface area contributed by atoms with Gasteiger partial charge in [-0.3, -0.25) is 0 Å². The predicted molar refractivity (Wildman–Crippen MR) is 72.6 cm³/mol. The van der Waals surface area contributed by atoms with Crippen molar-refractivity contribution in [2.24, 2.45) is 0 Å².